The van der Waals surface area contributed by atoms with Crippen LogP contribution < -0.4 is 5.73 Å². The maximum Gasteiger partial charge on any atom is 0.322 e. The topological polar surface area (TPSA) is 89.7 Å². The van der Waals surface area contributed by atoms with Crippen LogP contribution in [0, 0.1) is 0 Å². The number of rotatable bonds is 5. The lowest BCUT2D eigenvalue weighted by Crippen LogP contribution is -2.44. The van der Waals surface area contributed by atoms with Crippen molar-refractivity contribution < 1.29 is 17.9 Å². The standard InChI is InChI=1S/C7H14N2O4S2/c1-5(7(8)14)9(2)15(11,12)4-6(10)13-3/h5H,4H2,1-3H3,(H2,8,14). The third-order valence-electron chi connectivity index (χ3n) is 1.92. The van der Waals surface area contributed by atoms with Crippen LogP contribution in [-0.2, 0) is 19.6 Å². The number of carbonyl (C=O) groups is 1. The molecule has 0 bridgehead atoms. The third kappa shape index (κ3) is 4.10. The summed E-state index contributed by atoms with van der Waals surface area (Å²) in [6, 6.07) is -0.630. The number of hydrogen-bond donors (Lipinski definition) is 1. The summed E-state index contributed by atoms with van der Waals surface area (Å²) in [6.07, 6.45) is 0. The average molecular weight is 254 g/mol. The number of esters is 1. The second-order valence-corrected chi connectivity index (χ2v) is 5.43. The van der Waals surface area contributed by atoms with Gasteiger partial charge in [0, 0.05) is 7.05 Å². The molecule has 2 N–H and O–H groups in total. The summed E-state index contributed by atoms with van der Waals surface area (Å²) in [7, 11) is -1.30. The molecule has 0 aromatic carbocycles. The van der Waals surface area contributed by atoms with E-state index in [1.54, 1.807) is 0 Å². The van der Waals surface area contributed by atoms with Crippen molar-refractivity contribution in [3.8, 4) is 0 Å². The zero-order valence-corrected chi connectivity index (χ0v) is 10.4. The predicted molar refractivity (Wildman–Crippen MR) is 59.8 cm³/mol. The fraction of sp³-hybridized carbons (Fsp3) is 0.714. The van der Waals surface area contributed by atoms with E-state index in [1.807, 2.05) is 0 Å². The Labute approximate surface area is 94.4 Å². The number of likely N-dealkylation sites (N-methyl/N-ethyl adjacent to an activating group) is 1. The van der Waals surface area contributed by atoms with Gasteiger partial charge in [-0.15, -0.1) is 0 Å². The molecule has 0 rings (SSSR count). The fourth-order valence-electron chi connectivity index (χ4n) is 0.730. The molecule has 0 aliphatic rings. The molecule has 1 unspecified atom stereocenters. The quantitative estimate of drug-likeness (QED) is 0.505. The van der Waals surface area contributed by atoms with Gasteiger partial charge in [0.15, 0.2) is 5.75 Å². The maximum absolute atomic E-state index is 11.6. The molecule has 0 amide bonds. The monoisotopic (exact) mass is 254 g/mol. The number of thiocarbonyl (C=S) groups is 1. The Balaban J connectivity index is 4.74. The lowest BCUT2D eigenvalue weighted by atomic mass is 10.3. The molecule has 0 saturated heterocycles. The third-order valence-corrected chi connectivity index (χ3v) is 4.06. The Kier molecular flexibility index (Phi) is 5.12. The number of ether oxygens (including phenoxy) is 1. The lowest BCUT2D eigenvalue weighted by Gasteiger charge is -2.22. The van der Waals surface area contributed by atoms with E-state index in [0.717, 1.165) is 11.4 Å². The minimum Gasteiger partial charge on any atom is -0.468 e. The largest absolute Gasteiger partial charge is 0.468 e. The van der Waals surface area contributed by atoms with Crippen LogP contribution in [0.1, 0.15) is 6.92 Å². The van der Waals surface area contributed by atoms with Crippen LogP contribution in [-0.4, -0.2) is 49.6 Å². The summed E-state index contributed by atoms with van der Waals surface area (Å²) in [6.45, 7) is 1.54. The maximum atomic E-state index is 11.6. The van der Waals surface area contributed by atoms with Crippen molar-refractivity contribution in [3.05, 3.63) is 0 Å². The Hall–Kier alpha value is -0.730. The van der Waals surface area contributed by atoms with E-state index in [2.05, 4.69) is 17.0 Å². The SMILES string of the molecule is COC(=O)CS(=O)(=O)N(C)C(C)C(N)=S. The van der Waals surface area contributed by atoms with E-state index in [9.17, 15) is 13.2 Å². The Morgan fingerprint density at radius 3 is 2.40 bits per heavy atom. The summed E-state index contributed by atoms with van der Waals surface area (Å²) in [5, 5.41) is 0. The van der Waals surface area contributed by atoms with Crippen molar-refractivity contribution in [1.29, 1.82) is 0 Å². The van der Waals surface area contributed by atoms with Gasteiger partial charge in [-0.2, -0.15) is 4.31 Å². The fourth-order valence-corrected chi connectivity index (χ4v) is 2.17. The second-order valence-electron chi connectivity index (χ2n) is 2.93. The molecule has 0 saturated carbocycles. The molecular formula is C7H14N2O4S2. The van der Waals surface area contributed by atoms with Crippen molar-refractivity contribution in [3.63, 3.8) is 0 Å². The van der Waals surface area contributed by atoms with Crippen LogP contribution in [0.3, 0.4) is 0 Å². The van der Waals surface area contributed by atoms with E-state index in [4.69, 9.17) is 5.73 Å². The van der Waals surface area contributed by atoms with Gasteiger partial charge in [0.1, 0.15) is 0 Å². The van der Waals surface area contributed by atoms with Crippen LogP contribution in [0.4, 0.5) is 0 Å². The zero-order valence-electron chi connectivity index (χ0n) is 8.76. The van der Waals surface area contributed by atoms with Gasteiger partial charge in [-0.1, -0.05) is 12.2 Å². The molecule has 0 aromatic heterocycles. The highest BCUT2D eigenvalue weighted by molar-refractivity contribution is 7.89. The van der Waals surface area contributed by atoms with Gasteiger partial charge in [0.05, 0.1) is 18.1 Å². The Morgan fingerprint density at radius 1 is 1.60 bits per heavy atom. The van der Waals surface area contributed by atoms with Gasteiger partial charge in [-0.05, 0) is 6.92 Å². The van der Waals surface area contributed by atoms with Gasteiger partial charge >= 0.3 is 5.97 Å². The first-order chi connectivity index (χ1) is 6.72. The normalized spacial score (nSPS) is 13.6. The molecular weight excluding hydrogens is 240 g/mol. The number of sulfonamides is 1. The van der Waals surface area contributed by atoms with Gasteiger partial charge < -0.3 is 10.5 Å². The number of nitrogens with two attached hydrogens (primary N) is 1. The molecule has 1 atom stereocenters. The average Bonchev–Trinajstić information content (AvgIpc) is 2.14. The first kappa shape index (κ1) is 14.3. The van der Waals surface area contributed by atoms with E-state index in [0.29, 0.717) is 0 Å². The van der Waals surface area contributed by atoms with Crippen LogP contribution in [0.5, 0.6) is 0 Å². The highest BCUT2D eigenvalue weighted by Crippen LogP contribution is 2.05. The van der Waals surface area contributed by atoms with Gasteiger partial charge in [-0.25, -0.2) is 8.42 Å². The summed E-state index contributed by atoms with van der Waals surface area (Å²) >= 11 is 4.66. The van der Waals surface area contributed by atoms with Crippen molar-refractivity contribution >= 4 is 33.2 Å². The molecule has 0 heterocycles. The molecule has 0 radical (unpaired) electrons. The van der Waals surface area contributed by atoms with Crippen LogP contribution in [0.25, 0.3) is 0 Å². The van der Waals surface area contributed by atoms with Crippen molar-refractivity contribution in [2.75, 3.05) is 19.9 Å². The van der Waals surface area contributed by atoms with Crippen LogP contribution in [0.15, 0.2) is 0 Å². The van der Waals surface area contributed by atoms with Gasteiger partial charge in [0.25, 0.3) is 0 Å². The number of hydrogen-bond acceptors (Lipinski definition) is 5. The summed E-state index contributed by atoms with van der Waals surface area (Å²) in [5.74, 6) is -1.54. The smallest absolute Gasteiger partial charge is 0.322 e. The molecule has 0 aliphatic heterocycles. The summed E-state index contributed by atoms with van der Waals surface area (Å²) < 4.78 is 28.3. The second kappa shape index (κ2) is 5.38. The minimum absolute atomic E-state index is 0.0472. The van der Waals surface area contributed by atoms with E-state index in [-0.39, 0.29) is 4.99 Å². The summed E-state index contributed by atoms with van der Waals surface area (Å²) in [4.78, 5) is 10.9. The Bertz CT molecular complexity index is 352. The van der Waals surface area contributed by atoms with Crippen LogP contribution >= 0.6 is 12.2 Å². The number of carbonyl (C=O) groups excluding carboxylic acids is 1. The van der Waals surface area contributed by atoms with Crippen molar-refractivity contribution in [2.24, 2.45) is 5.73 Å². The molecule has 0 aliphatic carbocycles. The van der Waals surface area contributed by atoms with Gasteiger partial charge in [-0.3, -0.25) is 4.79 Å². The number of methoxy groups -OCH3 is 1. The predicted octanol–water partition coefficient (Wildman–Crippen LogP) is -0.904. The molecule has 6 nitrogen and oxygen atoms in total. The first-order valence-corrected chi connectivity index (χ1v) is 6.06. The Morgan fingerprint density at radius 2 is 2.07 bits per heavy atom. The highest BCUT2D eigenvalue weighted by atomic mass is 32.2. The highest BCUT2D eigenvalue weighted by Gasteiger charge is 2.27. The molecule has 0 spiro atoms. The van der Waals surface area contributed by atoms with Crippen LogP contribution in [0.2, 0.25) is 0 Å². The minimum atomic E-state index is -3.72. The van der Waals surface area contributed by atoms with Crippen molar-refractivity contribution in [2.45, 2.75) is 13.0 Å². The number of nitrogens with zero attached hydrogens (tertiary/aromatic N) is 1. The summed E-state index contributed by atoms with van der Waals surface area (Å²) in [5.41, 5.74) is 5.31. The first-order valence-electron chi connectivity index (χ1n) is 4.04. The molecule has 8 heteroatoms. The zero-order chi connectivity index (χ0) is 12.2. The van der Waals surface area contributed by atoms with Crippen molar-refractivity contribution in [1.82, 2.24) is 4.31 Å². The van der Waals surface area contributed by atoms with Gasteiger partial charge in [0.2, 0.25) is 10.0 Å². The molecule has 0 aromatic rings. The van der Waals surface area contributed by atoms with E-state index < -0.39 is 27.8 Å². The lowest BCUT2D eigenvalue weighted by molar-refractivity contribution is -0.137. The molecule has 15 heavy (non-hydrogen) atoms. The molecule has 0 fully saturated rings. The van der Waals surface area contributed by atoms with E-state index >= 15 is 0 Å². The molecule has 88 valence electrons. The van der Waals surface area contributed by atoms with E-state index in [1.165, 1.54) is 14.0 Å².